The molecule has 4 heteroatoms. The van der Waals surface area contributed by atoms with Crippen molar-refractivity contribution in [1.82, 2.24) is 4.90 Å². The van der Waals surface area contributed by atoms with E-state index in [-0.39, 0.29) is 11.8 Å². The Labute approximate surface area is 142 Å². The van der Waals surface area contributed by atoms with Gasteiger partial charge in [0.2, 0.25) is 11.8 Å². The minimum absolute atomic E-state index is 0.00555. The molecule has 2 amide bonds. The number of likely N-dealkylation sites (tertiary alicyclic amines) is 1. The van der Waals surface area contributed by atoms with E-state index in [1.165, 1.54) is 0 Å². The lowest BCUT2D eigenvalue weighted by Crippen LogP contribution is -2.44. The SMILES string of the molecule is NC(=O)[C@@H]1CCCN1C(=O)CC(c1ccccc1)c1ccccc1. The van der Waals surface area contributed by atoms with Crippen LogP contribution in [0.3, 0.4) is 0 Å². The third-order valence-electron chi connectivity index (χ3n) is 4.68. The number of nitrogens with two attached hydrogens (primary N) is 1. The van der Waals surface area contributed by atoms with Crippen molar-refractivity contribution < 1.29 is 9.59 Å². The largest absolute Gasteiger partial charge is 0.368 e. The minimum Gasteiger partial charge on any atom is -0.368 e. The molecule has 3 rings (SSSR count). The van der Waals surface area contributed by atoms with Gasteiger partial charge in [0, 0.05) is 18.9 Å². The first kappa shape index (κ1) is 16.2. The molecule has 0 spiro atoms. The van der Waals surface area contributed by atoms with Crippen molar-refractivity contribution in [1.29, 1.82) is 0 Å². The molecule has 2 aromatic carbocycles. The van der Waals surface area contributed by atoms with Crippen molar-refractivity contribution in [3.63, 3.8) is 0 Å². The third kappa shape index (κ3) is 3.48. The number of nitrogens with zero attached hydrogens (tertiary/aromatic N) is 1. The summed E-state index contributed by atoms with van der Waals surface area (Å²) >= 11 is 0. The average Bonchev–Trinajstić information content (AvgIpc) is 3.11. The first-order valence-electron chi connectivity index (χ1n) is 8.35. The molecule has 0 saturated carbocycles. The molecule has 1 fully saturated rings. The predicted molar refractivity (Wildman–Crippen MR) is 93.3 cm³/mol. The number of rotatable bonds is 5. The summed E-state index contributed by atoms with van der Waals surface area (Å²) in [6.07, 6.45) is 1.85. The van der Waals surface area contributed by atoms with E-state index in [1.54, 1.807) is 4.90 Å². The number of hydrogen-bond acceptors (Lipinski definition) is 2. The molecular formula is C20H22N2O2. The molecule has 2 aromatic rings. The van der Waals surface area contributed by atoms with E-state index in [0.29, 0.717) is 19.4 Å². The van der Waals surface area contributed by atoms with E-state index in [2.05, 4.69) is 0 Å². The molecule has 0 bridgehead atoms. The fourth-order valence-electron chi connectivity index (χ4n) is 3.45. The monoisotopic (exact) mass is 322 g/mol. The van der Waals surface area contributed by atoms with Gasteiger partial charge in [-0.15, -0.1) is 0 Å². The maximum atomic E-state index is 12.8. The van der Waals surface area contributed by atoms with Crippen LogP contribution in [0, 0.1) is 0 Å². The standard InChI is InChI=1S/C20H22N2O2/c21-20(24)18-12-7-13-22(18)19(23)14-17(15-8-3-1-4-9-15)16-10-5-2-6-11-16/h1-6,8-11,17-18H,7,12-14H2,(H2,21,24)/t18-/m0/s1. The summed E-state index contributed by atoms with van der Waals surface area (Å²) in [6, 6.07) is 19.6. The van der Waals surface area contributed by atoms with Crippen molar-refractivity contribution in [2.24, 2.45) is 5.73 Å². The topological polar surface area (TPSA) is 63.4 Å². The summed E-state index contributed by atoms with van der Waals surface area (Å²) in [7, 11) is 0. The van der Waals surface area contributed by atoms with Crippen molar-refractivity contribution in [2.75, 3.05) is 6.54 Å². The van der Waals surface area contributed by atoms with Gasteiger partial charge in [0.15, 0.2) is 0 Å². The first-order chi connectivity index (χ1) is 11.7. The Morgan fingerprint density at radius 1 is 1.00 bits per heavy atom. The molecule has 124 valence electrons. The molecule has 2 N–H and O–H groups in total. The lowest BCUT2D eigenvalue weighted by Gasteiger charge is -2.25. The number of carbonyl (C=O) groups is 2. The fourth-order valence-corrected chi connectivity index (χ4v) is 3.45. The van der Waals surface area contributed by atoms with Crippen LogP contribution in [0.4, 0.5) is 0 Å². The summed E-state index contributed by atoms with van der Waals surface area (Å²) in [5, 5.41) is 0. The Kier molecular flexibility index (Phi) is 4.94. The van der Waals surface area contributed by atoms with Gasteiger partial charge in [-0.05, 0) is 24.0 Å². The molecule has 1 atom stereocenters. The van der Waals surface area contributed by atoms with Crippen molar-refractivity contribution in [2.45, 2.75) is 31.2 Å². The summed E-state index contributed by atoms with van der Waals surface area (Å²) in [5.74, 6) is -0.431. The fraction of sp³-hybridized carbons (Fsp3) is 0.300. The van der Waals surface area contributed by atoms with E-state index >= 15 is 0 Å². The van der Waals surface area contributed by atoms with Crippen LogP contribution in [0.2, 0.25) is 0 Å². The van der Waals surface area contributed by atoms with Crippen LogP contribution in [0.25, 0.3) is 0 Å². The van der Waals surface area contributed by atoms with E-state index in [1.807, 2.05) is 60.7 Å². The quantitative estimate of drug-likeness (QED) is 0.920. The van der Waals surface area contributed by atoms with Gasteiger partial charge in [0.1, 0.15) is 6.04 Å². The van der Waals surface area contributed by atoms with Crippen molar-refractivity contribution >= 4 is 11.8 Å². The number of carbonyl (C=O) groups excluding carboxylic acids is 2. The van der Waals surface area contributed by atoms with Gasteiger partial charge in [-0.2, -0.15) is 0 Å². The van der Waals surface area contributed by atoms with Crippen molar-refractivity contribution in [3.8, 4) is 0 Å². The van der Waals surface area contributed by atoms with Crippen LogP contribution >= 0.6 is 0 Å². The summed E-state index contributed by atoms with van der Waals surface area (Å²) in [5.41, 5.74) is 7.65. The summed E-state index contributed by atoms with van der Waals surface area (Å²) < 4.78 is 0. The highest BCUT2D eigenvalue weighted by Gasteiger charge is 2.33. The van der Waals surface area contributed by atoms with Gasteiger partial charge >= 0.3 is 0 Å². The van der Waals surface area contributed by atoms with Crippen LogP contribution < -0.4 is 5.73 Å². The van der Waals surface area contributed by atoms with Crippen LogP contribution in [-0.2, 0) is 9.59 Å². The van der Waals surface area contributed by atoms with Gasteiger partial charge in [0.25, 0.3) is 0 Å². The highest BCUT2D eigenvalue weighted by molar-refractivity contribution is 5.87. The van der Waals surface area contributed by atoms with E-state index in [0.717, 1.165) is 17.5 Å². The van der Waals surface area contributed by atoms with E-state index in [4.69, 9.17) is 5.73 Å². The predicted octanol–water partition coefficient (Wildman–Crippen LogP) is 2.68. The Morgan fingerprint density at radius 2 is 1.54 bits per heavy atom. The molecule has 4 nitrogen and oxygen atoms in total. The second kappa shape index (κ2) is 7.30. The Bertz CT molecular complexity index is 661. The van der Waals surface area contributed by atoms with Crippen LogP contribution in [0.1, 0.15) is 36.3 Å². The van der Waals surface area contributed by atoms with Crippen LogP contribution in [0.5, 0.6) is 0 Å². The van der Waals surface area contributed by atoms with Gasteiger partial charge in [-0.1, -0.05) is 60.7 Å². The molecular weight excluding hydrogens is 300 g/mol. The Balaban J connectivity index is 1.85. The normalized spacial score (nSPS) is 17.2. The van der Waals surface area contributed by atoms with E-state index < -0.39 is 11.9 Å². The molecule has 24 heavy (non-hydrogen) atoms. The van der Waals surface area contributed by atoms with Crippen LogP contribution in [0.15, 0.2) is 60.7 Å². The lowest BCUT2D eigenvalue weighted by molar-refractivity contribution is -0.137. The maximum Gasteiger partial charge on any atom is 0.240 e. The molecule has 0 aliphatic carbocycles. The highest BCUT2D eigenvalue weighted by Crippen LogP contribution is 2.30. The lowest BCUT2D eigenvalue weighted by atomic mass is 9.88. The Morgan fingerprint density at radius 3 is 2.04 bits per heavy atom. The molecule has 0 unspecified atom stereocenters. The van der Waals surface area contributed by atoms with Gasteiger partial charge in [0.05, 0.1) is 0 Å². The molecule has 1 saturated heterocycles. The number of hydrogen-bond donors (Lipinski definition) is 1. The second-order valence-electron chi connectivity index (χ2n) is 6.23. The molecule has 0 aromatic heterocycles. The van der Waals surface area contributed by atoms with Crippen molar-refractivity contribution in [3.05, 3.63) is 71.8 Å². The molecule has 0 radical (unpaired) electrons. The summed E-state index contributed by atoms with van der Waals surface area (Å²) in [6.45, 7) is 0.614. The molecule has 1 aliphatic heterocycles. The number of primary amides is 1. The number of benzene rings is 2. The van der Waals surface area contributed by atoms with Gasteiger partial charge < -0.3 is 10.6 Å². The molecule has 1 heterocycles. The van der Waals surface area contributed by atoms with Gasteiger partial charge in [-0.25, -0.2) is 0 Å². The zero-order valence-corrected chi connectivity index (χ0v) is 13.6. The minimum atomic E-state index is -0.454. The van der Waals surface area contributed by atoms with Crippen LogP contribution in [-0.4, -0.2) is 29.3 Å². The smallest absolute Gasteiger partial charge is 0.240 e. The number of amides is 2. The first-order valence-corrected chi connectivity index (χ1v) is 8.35. The Hall–Kier alpha value is -2.62. The molecule has 1 aliphatic rings. The zero-order valence-electron chi connectivity index (χ0n) is 13.6. The highest BCUT2D eigenvalue weighted by atomic mass is 16.2. The zero-order chi connectivity index (χ0) is 16.9. The third-order valence-corrected chi connectivity index (χ3v) is 4.68. The second-order valence-corrected chi connectivity index (χ2v) is 6.23. The maximum absolute atomic E-state index is 12.8. The van der Waals surface area contributed by atoms with E-state index in [9.17, 15) is 9.59 Å². The average molecular weight is 322 g/mol. The van der Waals surface area contributed by atoms with Gasteiger partial charge in [-0.3, -0.25) is 9.59 Å². The summed E-state index contributed by atoms with van der Waals surface area (Å²) in [4.78, 5) is 26.1.